The Balaban J connectivity index is 1.37. The lowest BCUT2D eigenvalue weighted by molar-refractivity contribution is 0.0899. The number of nitrogens with zero attached hydrogens (tertiary/aromatic N) is 6. The van der Waals surface area contributed by atoms with E-state index in [1.165, 1.54) is 0 Å². The Morgan fingerprint density at radius 1 is 1.18 bits per heavy atom. The van der Waals surface area contributed by atoms with Gasteiger partial charge in [0, 0.05) is 68.8 Å². The van der Waals surface area contributed by atoms with Gasteiger partial charge in [-0.2, -0.15) is 5.10 Å². The molecule has 1 aromatic carbocycles. The summed E-state index contributed by atoms with van der Waals surface area (Å²) in [6, 6.07) is 5.52. The van der Waals surface area contributed by atoms with Crippen LogP contribution in [0.2, 0.25) is 30.7 Å². The number of rotatable bonds is 8. The second-order valence-electron chi connectivity index (χ2n) is 12.3. The van der Waals surface area contributed by atoms with Crippen molar-refractivity contribution >= 4 is 53.7 Å². The Morgan fingerprint density at radius 2 is 1.93 bits per heavy atom. The molecule has 12 heteroatoms. The Morgan fingerprint density at radius 3 is 2.62 bits per heavy atom. The molecule has 212 valence electrons. The summed E-state index contributed by atoms with van der Waals surface area (Å²) in [7, 11) is 0.669. The number of fused-ring (bicyclic) bond motifs is 4. The van der Waals surface area contributed by atoms with Gasteiger partial charge in [0.25, 0.3) is 0 Å². The lowest BCUT2D eigenvalue weighted by Crippen LogP contribution is -2.50. The number of hydrogen-bond acceptors (Lipinski definition) is 6. The summed E-state index contributed by atoms with van der Waals surface area (Å²) >= 11 is 6.93. The number of carbonyl (C=O) groups is 1. The van der Waals surface area contributed by atoms with Crippen LogP contribution >= 0.6 is 11.6 Å². The summed E-state index contributed by atoms with van der Waals surface area (Å²) in [5.41, 5.74) is 4.17. The van der Waals surface area contributed by atoms with E-state index in [9.17, 15) is 9.90 Å². The highest BCUT2D eigenvalue weighted by molar-refractivity contribution is 6.76. The number of aryl methyl sites for hydroxylation is 1. The van der Waals surface area contributed by atoms with Crippen molar-refractivity contribution in [1.29, 1.82) is 0 Å². The van der Waals surface area contributed by atoms with E-state index in [4.69, 9.17) is 26.3 Å². The molecule has 2 bridgehead atoms. The molecule has 2 atom stereocenters. The standard InChI is InChI=1S/C28H36ClN7O3Si/c1-34-14-22-23(33-34)8-7-20(25(22)29)21-15-35(16-39-9-10-40(2,3)4)27-26(21)30-13-24(32-27)36-18-5-6-19(36)12-17(11-18)31-28(37)38/h7-8,13-15,17-19,31H,5-6,9-12,16H2,1-4H3,(H,37,38). The fraction of sp³-hybridized carbons (Fsp3) is 0.500. The molecule has 6 rings (SSSR count). The number of hydrogen-bond donors (Lipinski definition) is 2. The maximum Gasteiger partial charge on any atom is 0.404 e. The predicted octanol–water partition coefficient (Wildman–Crippen LogP) is 5.72. The van der Waals surface area contributed by atoms with E-state index >= 15 is 0 Å². The Hall–Kier alpha value is -3.15. The zero-order valence-corrected chi connectivity index (χ0v) is 25.1. The number of benzene rings is 1. The van der Waals surface area contributed by atoms with Crippen molar-refractivity contribution in [2.45, 2.75) is 76.2 Å². The summed E-state index contributed by atoms with van der Waals surface area (Å²) in [6.07, 6.45) is 8.47. The number of halogens is 1. The maximum absolute atomic E-state index is 11.2. The van der Waals surface area contributed by atoms with Crippen LogP contribution in [0.3, 0.4) is 0 Å². The fourth-order valence-corrected chi connectivity index (χ4v) is 7.30. The Kier molecular flexibility index (Phi) is 7.00. The van der Waals surface area contributed by atoms with Gasteiger partial charge in [-0.15, -0.1) is 0 Å². The van der Waals surface area contributed by atoms with E-state index in [1.807, 2.05) is 42.3 Å². The number of carboxylic acid groups (broad SMARTS) is 1. The molecular weight excluding hydrogens is 546 g/mol. The third kappa shape index (κ3) is 5.17. The molecule has 3 aromatic heterocycles. The first-order chi connectivity index (χ1) is 19.1. The molecule has 0 aliphatic carbocycles. The normalized spacial score (nSPS) is 21.0. The molecule has 1 amide bonds. The van der Waals surface area contributed by atoms with Gasteiger partial charge in [-0.25, -0.2) is 14.8 Å². The van der Waals surface area contributed by atoms with Crippen molar-refractivity contribution in [3.05, 3.63) is 35.7 Å². The summed E-state index contributed by atoms with van der Waals surface area (Å²) in [5, 5.41) is 17.9. The summed E-state index contributed by atoms with van der Waals surface area (Å²) in [4.78, 5) is 23.7. The van der Waals surface area contributed by atoms with Crippen LogP contribution < -0.4 is 10.2 Å². The summed E-state index contributed by atoms with van der Waals surface area (Å²) < 4.78 is 9.96. The zero-order valence-electron chi connectivity index (χ0n) is 23.4. The van der Waals surface area contributed by atoms with E-state index in [0.29, 0.717) is 18.4 Å². The first-order valence-electron chi connectivity index (χ1n) is 13.9. The van der Waals surface area contributed by atoms with E-state index in [0.717, 1.165) is 70.7 Å². The van der Waals surface area contributed by atoms with Crippen LogP contribution in [0, 0.1) is 0 Å². The molecule has 2 saturated heterocycles. The Bertz CT molecular complexity index is 1570. The van der Waals surface area contributed by atoms with Crippen molar-refractivity contribution in [1.82, 2.24) is 29.6 Å². The average Bonchev–Trinajstić information content (AvgIpc) is 3.52. The molecule has 2 fully saturated rings. The summed E-state index contributed by atoms with van der Waals surface area (Å²) in [5.74, 6) is 0.829. The lowest BCUT2D eigenvalue weighted by atomic mass is 9.97. The molecule has 40 heavy (non-hydrogen) atoms. The molecule has 10 nitrogen and oxygen atoms in total. The van der Waals surface area contributed by atoms with Crippen molar-refractivity contribution in [2.75, 3.05) is 11.5 Å². The highest BCUT2D eigenvalue weighted by atomic mass is 35.5. The van der Waals surface area contributed by atoms with Crippen LogP contribution in [0.1, 0.15) is 25.7 Å². The van der Waals surface area contributed by atoms with E-state index in [-0.39, 0.29) is 18.1 Å². The van der Waals surface area contributed by atoms with E-state index < -0.39 is 14.2 Å². The fourth-order valence-electron chi connectivity index (χ4n) is 6.23. The highest BCUT2D eigenvalue weighted by Gasteiger charge is 2.42. The van der Waals surface area contributed by atoms with Crippen molar-refractivity contribution < 1.29 is 14.6 Å². The number of piperidine rings is 1. The van der Waals surface area contributed by atoms with Crippen LogP contribution in [0.25, 0.3) is 33.2 Å². The van der Waals surface area contributed by atoms with Gasteiger partial charge >= 0.3 is 6.09 Å². The van der Waals surface area contributed by atoms with E-state index in [1.54, 1.807) is 4.68 Å². The number of nitrogens with one attached hydrogen (secondary N) is 1. The number of anilines is 1. The van der Waals surface area contributed by atoms with Crippen molar-refractivity contribution in [3.63, 3.8) is 0 Å². The molecule has 2 N–H and O–H groups in total. The van der Waals surface area contributed by atoms with Crippen molar-refractivity contribution in [2.24, 2.45) is 7.05 Å². The summed E-state index contributed by atoms with van der Waals surface area (Å²) in [6.45, 7) is 8.11. The minimum absolute atomic E-state index is 0.0253. The minimum Gasteiger partial charge on any atom is -0.465 e. The molecule has 0 spiro atoms. The Labute approximate surface area is 239 Å². The van der Waals surface area contributed by atoms with Crippen LogP contribution in [0.4, 0.5) is 10.6 Å². The highest BCUT2D eigenvalue weighted by Crippen LogP contribution is 2.41. The SMILES string of the molecule is Cn1cc2c(Cl)c(-c3cn(COCC[Si](C)(C)C)c4nc(N5C6CCC5CC(NC(=O)O)C6)cnc34)ccc2n1. The van der Waals surface area contributed by atoms with Gasteiger partial charge in [-0.3, -0.25) is 4.68 Å². The second-order valence-corrected chi connectivity index (χ2v) is 18.3. The van der Waals surface area contributed by atoms with E-state index in [2.05, 4.69) is 35.0 Å². The first kappa shape index (κ1) is 27.0. The molecule has 0 saturated carbocycles. The number of ether oxygens (including phenoxy) is 1. The van der Waals surface area contributed by atoms with Gasteiger partial charge < -0.3 is 24.6 Å². The van der Waals surface area contributed by atoms with Crippen LogP contribution in [-0.2, 0) is 18.5 Å². The molecule has 2 unspecified atom stereocenters. The van der Waals surface area contributed by atoms with Gasteiger partial charge in [0.15, 0.2) is 5.65 Å². The minimum atomic E-state index is -1.22. The average molecular weight is 582 g/mol. The van der Waals surface area contributed by atoms with Crippen LogP contribution in [0.5, 0.6) is 0 Å². The lowest BCUT2D eigenvalue weighted by Gasteiger charge is -2.39. The van der Waals surface area contributed by atoms with Gasteiger partial charge in [-0.1, -0.05) is 37.3 Å². The molecule has 2 aliphatic rings. The molecule has 5 heterocycles. The third-order valence-electron chi connectivity index (χ3n) is 8.13. The predicted molar refractivity (Wildman–Crippen MR) is 160 cm³/mol. The van der Waals surface area contributed by atoms with Crippen LogP contribution in [0.15, 0.2) is 30.7 Å². The largest absolute Gasteiger partial charge is 0.465 e. The maximum atomic E-state index is 11.2. The van der Waals surface area contributed by atoms with Gasteiger partial charge in [0.1, 0.15) is 18.1 Å². The van der Waals surface area contributed by atoms with Gasteiger partial charge in [0.2, 0.25) is 0 Å². The molecule has 4 aromatic rings. The third-order valence-corrected chi connectivity index (χ3v) is 10.2. The quantitative estimate of drug-likeness (QED) is 0.202. The second kappa shape index (κ2) is 10.4. The first-order valence-corrected chi connectivity index (χ1v) is 18.0. The van der Waals surface area contributed by atoms with Gasteiger partial charge in [0.05, 0.1) is 16.7 Å². The monoisotopic (exact) mass is 581 g/mol. The van der Waals surface area contributed by atoms with Crippen molar-refractivity contribution in [3.8, 4) is 11.1 Å². The molecule has 0 radical (unpaired) electrons. The topological polar surface area (TPSA) is 110 Å². The van der Waals surface area contributed by atoms with Crippen LogP contribution in [-0.4, -0.2) is 68.3 Å². The smallest absolute Gasteiger partial charge is 0.404 e. The number of aromatic nitrogens is 5. The van der Waals surface area contributed by atoms with Gasteiger partial charge in [-0.05, 0) is 37.8 Å². The zero-order chi connectivity index (χ0) is 28.2. The molecule has 2 aliphatic heterocycles. The number of amides is 1. The molecular formula is C28H36ClN7O3Si.